The molecule has 0 unspecified atom stereocenters. The number of carbonyl (C=O) groups excluding carboxylic acids is 2. The van der Waals surface area contributed by atoms with Crippen molar-refractivity contribution in [3.63, 3.8) is 0 Å². The van der Waals surface area contributed by atoms with Gasteiger partial charge in [0, 0.05) is 45.7 Å². The van der Waals surface area contributed by atoms with Gasteiger partial charge in [0.2, 0.25) is 11.8 Å². The number of guanidine groups is 1. The van der Waals surface area contributed by atoms with Gasteiger partial charge in [0.1, 0.15) is 5.82 Å². The molecule has 2 amide bonds. The molecule has 2 rings (SSSR count). The lowest BCUT2D eigenvalue weighted by Crippen LogP contribution is -2.42. The standard InChI is InChI=1S/C22H34FN5O2/c1-2-24-22(26-11-7-15-28-14-5-3-4-10-21(28)30)27-13-12-25-20(29)17-18-8-6-9-19(23)16-18/h6,8-9,16H,2-5,7,10-15,17H2,1H3,(H,25,29)(H2,24,26,27). The highest BCUT2D eigenvalue weighted by Crippen LogP contribution is 2.11. The van der Waals surface area contributed by atoms with Crippen molar-refractivity contribution in [2.45, 2.75) is 45.4 Å². The van der Waals surface area contributed by atoms with Crippen LogP contribution < -0.4 is 16.0 Å². The topological polar surface area (TPSA) is 85.8 Å². The molecule has 1 aliphatic heterocycles. The van der Waals surface area contributed by atoms with Crippen LogP contribution in [0, 0.1) is 5.82 Å². The van der Waals surface area contributed by atoms with Gasteiger partial charge in [-0.15, -0.1) is 0 Å². The first-order chi connectivity index (χ1) is 14.6. The predicted octanol–water partition coefficient (Wildman–Crippen LogP) is 1.83. The third-order valence-electron chi connectivity index (χ3n) is 4.86. The number of benzene rings is 1. The summed E-state index contributed by atoms with van der Waals surface area (Å²) >= 11 is 0. The van der Waals surface area contributed by atoms with Crippen LogP contribution in [0.4, 0.5) is 4.39 Å². The summed E-state index contributed by atoms with van der Waals surface area (Å²) in [6, 6.07) is 6.06. The van der Waals surface area contributed by atoms with Gasteiger partial charge in [0.25, 0.3) is 0 Å². The molecule has 1 saturated heterocycles. The minimum Gasteiger partial charge on any atom is -0.357 e. The summed E-state index contributed by atoms with van der Waals surface area (Å²) in [4.78, 5) is 30.5. The van der Waals surface area contributed by atoms with Gasteiger partial charge in [-0.2, -0.15) is 0 Å². The lowest BCUT2D eigenvalue weighted by molar-refractivity contribution is -0.130. The van der Waals surface area contributed by atoms with Crippen LogP contribution in [0.15, 0.2) is 29.3 Å². The van der Waals surface area contributed by atoms with Gasteiger partial charge in [0.05, 0.1) is 6.42 Å². The zero-order valence-electron chi connectivity index (χ0n) is 17.9. The van der Waals surface area contributed by atoms with Crippen molar-refractivity contribution in [3.8, 4) is 0 Å². The van der Waals surface area contributed by atoms with Crippen molar-refractivity contribution in [3.05, 3.63) is 35.6 Å². The lowest BCUT2D eigenvalue weighted by atomic mass is 10.1. The summed E-state index contributed by atoms with van der Waals surface area (Å²) in [5.74, 6) is 0.467. The molecule has 1 aromatic carbocycles. The Morgan fingerprint density at radius 3 is 2.80 bits per heavy atom. The minimum absolute atomic E-state index is 0.147. The number of amides is 2. The molecule has 0 bridgehead atoms. The third kappa shape index (κ3) is 9.24. The maximum absolute atomic E-state index is 13.2. The fourth-order valence-electron chi connectivity index (χ4n) is 3.35. The normalized spacial score (nSPS) is 14.9. The quantitative estimate of drug-likeness (QED) is 0.307. The number of halogens is 1. The Balaban J connectivity index is 1.65. The smallest absolute Gasteiger partial charge is 0.224 e. The molecule has 3 N–H and O–H groups in total. The Hall–Kier alpha value is -2.64. The molecule has 0 saturated carbocycles. The summed E-state index contributed by atoms with van der Waals surface area (Å²) < 4.78 is 13.2. The molecule has 0 spiro atoms. The molecular formula is C22H34FN5O2. The number of aliphatic imine (C=N–C) groups is 1. The summed E-state index contributed by atoms with van der Waals surface area (Å²) in [7, 11) is 0. The summed E-state index contributed by atoms with van der Waals surface area (Å²) in [6.45, 7) is 5.95. The van der Waals surface area contributed by atoms with E-state index in [9.17, 15) is 14.0 Å². The first-order valence-electron chi connectivity index (χ1n) is 10.9. The Kier molecular flexibility index (Phi) is 10.7. The highest BCUT2D eigenvalue weighted by atomic mass is 19.1. The maximum Gasteiger partial charge on any atom is 0.224 e. The van der Waals surface area contributed by atoms with Crippen molar-refractivity contribution < 1.29 is 14.0 Å². The SMILES string of the molecule is CCNC(=NCCCN1CCCCCC1=O)NCCNC(=O)Cc1cccc(F)c1. The Morgan fingerprint density at radius 2 is 2.00 bits per heavy atom. The van der Waals surface area contributed by atoms with Crippen LogP contribution in [0.25, 0.3) is 0 Å². The molecule has 0 radical (unpaired) electrons. The fraction of sp³-hybridized carbons (Fsp3) is 0.591. The van der Waals surface area contributed by atoms with Gasteiger partial charge in [-0.1, -0.05) is 18.6 Å². The van der Waals surface area contributed by atoms with Crippen LogP contribution in [0.5, 0.6) is 0 Å². The molecule has 30 heavy (non-hydrogen) atoms. The molecule has 166 valence electrons. The van der Waals surface area contributed by atoms with E-state index in [2.05, 4.69) is 20.9 Å². The van der Waals surface area contributed by atoms with Crippen LogP contribution in [-0.4, -0.2) is 61.9 Å². The van der Waals surface area contributed by atoms with E-state index in [-0.39, 0.29) is 24.1 Å². The second-order valence-corrected chi connectivity index (χ2v) is 7.39. The van der Waals surface area contributed by atoms with Gasteiger partial charge in [-0.3, -0.25) is 14.6 Å². The van der Waals surface area contributed by atoms with Gasteiger partial charge in [-0.05, 0) is 43.9 Å². The number of likely N-dealkylation sites (tertiary alicyclic amines) is 1. The molecule has 1 fully saturated rings. The number of hydrogen-bond acceptors (Lipinski definition) is 3. The number of carbonyl (C=O) groups is 2. The van der Waals surface area contributed by atoms with Gasteiger partial charge < -0.3 is 20.9 Å². The molecule has 0 aliphatic carbocycles. The molecule has 8 heteroatoms. The first-order valence-corrected chi connectivity index (χ1v) is 10.9. The van der Waals surface area contributed by atoms with Crippen molar-refractivity contribution in [1.82, 2.24) is 20.9 Å². The molecular weight excluding hydrogens is 385 g/mol. The summed E-state index contributed by atoms with van der Waals surface area (Å²) in [6.07, 6.45) is 4.87. The van der Waals surface area contributed by atoms with Crippen LogP contribution in [0.2, 0.25) is 0 Å². The Labute approximate surface area is 178 Å². The molecule has 1 aliphatic rings. The van der Waals surface area contributed by atoms with E-state index in [1.807, 2.05) is 11.8 Å². The predicted molar refractivity (Wildman–Crippen MR) is 117 cm³/mol. The summed E-state index contributed by atoms with van der Waals surface area (Å²) in [5, 5.41) is 9.19. The molecule has 7 nitrogen and oxygen atoms in total. The second-order valence-electron chi connectivity index (χ2n) is 7.39. The monoisotopic (exact) mass is 419 g/mol. The Bertz CT molecular complexity index is 711. The molecule has 1 aromatic rings. The number of hydrogen-bond donors (Lipinski definition) is 3. The van der Waals surface area contributed by atoms with Gasteiger partial charge >= 0.3 is 0 Å². The van der Waals surface area contributed by atoms with Crippen molar-refractivity contribution >= 4 is 17.8 Å². The highest BCUT2D eigenvalue weighted by molar-refractivity contribution is 5.80. The van der Waals surface area contributed by atoms with Crippen LogP contribution in [-0.2, 0) is 16.0 Å². The maximum atomic E-state index is 13.2. The van der Waals surface area contributed by atoms with Crippen molar-refractivity contribution in [2.24, 2.45) is 4.99 Å². The zero-order valence-corrected chi connectivity index (χ0v) is 17.9. The van der Waals surface area contributed by atoms with E-state index < -0.39 is 0 Å². The number of rotatable bonds is 10. The average molecular weight is 420 g/mol. The van der Waals surface area contributed by atoms with E-state index in [0.717, 1.165) is 45.3 Å². The molecule has 0 atom stereocenters. The third-order valence-corrected chi connectivity index (χ3v) is 4.86. The van der Waals surface area contributed by atoms with Crippen LogP contribution >= 0.6 is 0 Å². The van der Waals surface area contributed by atoms with E-state index in [1.165, 1.54) is 12.1 Å². The van der Waals surface area contributed by atoms with Crippen molar-refractivity contribution in [2.75, 3.05) is 39.3 Å². The average Bonchev–Trinajstić information content (AvgIpc) is 2.92. The fourth-order valence-corrected chi connectivity index (χ4v) is 3.35. The van der Waals surface area contributed by atoms with E-state index in [4.69, 9.17) is 0 Å². The highest BCUT2D eigenvalue weighted by Gasteiger charge is 2.15. The Morgan fingerprint density at radius 1 is 1.17 bits per heavy atom. The van der Waals surface area contributed by atoms with Crippen LogP contribution in [0.1, 0.15) is 44.6 Å². The van der Waals surface area contributed by atoms with Gasteiger partial charge in [-0.25, -0.2) is 4.39 Å². The number of nitrogens with one attached hydrogen (secondary N) is 3. The first kappa shape index (κ1) is 23.6. The van der Waals surface area contributed by atoms with E-state index in [1.54, 1.807) is 12.1 Å². The zero-order chi connectivity index (χ0) is 21.6. The minimum atomic E-state index is -0.339. The van der Waals surface area contributed by atoms with E-state index >= 15 is 0 Å². The second kappa shape index (κ2) is 13.6. The molecule has 1 heterocycles. The van der Waals surface area contributed by atoms with E-state index in [0.29, 0.717) is 37.6 Å². The van der Waals surface area contributed by atoms with Crippen LogP contribution in [0.3, 0.4) is 0 Å². The molecule has 0 aromatic heterocycles. The van der Waals surface area contributed by atoms with Crippen molar-refractivity contribution in [1.29, 1.82) is 0 Å². The summed E-state index contributed by atoms with van der Waals surface area (Å²) in [5.41, 5.74) is 0.651. The largest absolute Gasteiger partial charge is 0.357 e. The number of nitrogens with zero attached hydrogens (tertiary/aromatic N) is 2. The lowest BCUT2D eigenvalue weighted by Gasteiger charge is -2.20. The van der Waals surface area contributed by atoms with Gasteiger partial charge in [0.15, 0.2) is 5.96 Å².